The number of hydrogen-bond acceptors (Lipinski definition) is 5. The highest BCUT2D eigenvalue weighted by molar-refractivity contribution is 9.10. The summed E-state index contributed by atoms with van der Waals surface area (Å²) in [5.74, 6) is 0.468. The van der Waals surface area contributed by atoms with Crippen molar-refractivity contribution < 1.29 is 4.79 Å². The number of carbonyl (C=O) groups excluding carboxylic acids is 1. The molecule has 4 heterocycles. The topological polar surface area (TPSA) is 95.4 Å². The second-order valence-electron chi connectivity index (χ2n) is 5.89. The van der Waals surface area contributed by atoms with Crippen LogP contribution in [-0.4, -0.2) is 44.6 Å². The van der Waals surface area contributed by atoms with Crippen molar-refractivity contribution >= 4 is 33.3 Å². The molecule has 1 amide bonds. The minimum Gasteiger partial charge on any atom is -0.353 e. The number of pyridine rings is 1. The first kappa shape index (κ1) is 15.8. The van der Waals surface area contributed by atoms with Crippen LogP contribution in [0, 0.1) is 0 Å². The first-order chi connectivity index (χ1) is 12.1. The molecule has 9 heteroatoms. The van der Waals surface area contributed by atoms with E-state index in [-0.39, 0.29) is 17.5 Å². The molecule has 4 rings (SSSR count). The van der Waals surface area contributed by atoms with Gasteiger partial charge in [0, 0.05) is 42.2 Å². The lowest BCUT2D eigenvalue weighted by atomic mass is 10.2. The molecule has 0 bridgehead atoms. The third kappa shape index (κ3) is 3.14. The lowest BCUT2D eigenvalue weighted by Gasteiger charge is -2.17. The number of imidazole rings is 1. The van der Waals surface area contributed by atoms with Gasteiger partial charge in [0.25, 0.3) is 11.5 Å². The molecule has 0 aliphatic carbocycles. The Morgan fingerprint density at radius 3 is 3.16 bits per heavy atom. The van der Waals surface area contributed by atoms with E-state index >= 15 is 0 Å². The Balaban J connectivity index is 1.46. The van der Waals surface area contributed by atoms with E-state index in [0.717, 1.165) is 24.4 Å². The van der Waals surface area contributed by atoms with Crippen molar-refractivity contribution in [1.29, 1.82) is 0 Å². The number of fused-ring (bicyclic) bond motifs is 1. The minimum atomic E-state index is -0.400. The summed E-state index contributed by atoms with van der Waals surface area (Å²) in [6.45, 7) is 1.43. The van der Waals surface area contributed by atoms with Gasteiger partial charge in [0.2, 0.25) is 0 Å². The predicted octanol–water partition coefficient (Wildman–Crippen LogP) is 1.19. The summed E-state index contributed by atoms with van der Waals surface area (Å²) in [6, 6.07) is 5.32. The van der Waals surface area contributed by atoms with Crippen molar-refractivity contribution in [3.05, 3.63) is 57.2 Å². The van der Waals surface area contributed by atoms with Crippen molar-refractivity contribution in [1.82, 2.24) is 24.9 Å². The first-order valence-corrected chi connectivity index (χ1v) is 8.64. The SMILES string of the molecule is O=C(N[C@H]1CCN(c2ccc3nccn3n2)C1)c1cc(Br)c[nH]c1=O. The molecule has 0 saturated carbocycles. The fourth-order valence-electron chi connectivity index (χ4n) is 2.95. The van der Waals surface area contributed by atoms with Crippen LogP contribution < -0.4 is 15.8 Å². The predicted molar refractivity (Wildman–Crippen MR) is 95.8 cm³/mol. The Morgan fingerprint density at radius 2 is 2.28 bits per heavy atom. The molecule has 1 atom stereocenters. The van der Waals surface area contributed by atoms with Gasteiger partial charge in [-0.1, -0.05) is 0 Å². The molecule has 3 aromatic rings. The van der Waals surface area contributed by atoms with E-state index in [4.69, 9.17) is 0 Å². The Hall–Kier alpha value is -2.68. The molecular formula is C16H15BrN6O2. The van der Waals surface area contributed by atoms with Crippen molar-refractivity contribution in [3.8, 4) is 0 Å². The van der Waals surface area contributed by atoms with Gasteiger partial charge in [-0.2, -0.15) is 0 Å². The standard InChI is InChI=1S/C16H15BrN6O2/c17-10-7-12(15(24)19-8-10)16(25)20-11-3-5-22(9-11)14-2-1-13-18-4-6-23(13)21-14/h1-2,4,6-8,11H,3,5,9H2,(H,19,24)(H,20,25)/t11-/m0/s1. The molecule has 1 fully saturated rings. The third-order valence-electron chi connectivity index (χ3n) is 4.20. The van der Waals surface area contributed by atoms with E-state index in [9.17, 15) is 9.59 Å². The lowest BCUT2D eigenvalue weighted by Crippen LogP contribution is -2.39. The van der Waals surface area contributed by atoms with E-state index in [2.05, 4.69) is 41.2 Å². The molecule has 25 heavy (non-hydrogen) atoms. The summed E-state index contributed by atoms with van der Waals surface area (Å²) >= 11 is 3.26. The number of carbonyl (C=O) groups is 1. The Bertz CT molecular complexity index is 997. The van der Waals surface area contributed by atoms with Gasteiger partial charge in [-0.15, -0.1) is 5.10 Å². The number of aromatic amines is 1. The molecular weight excluding hydrogens is 388 g/mol. The van der Waals surface area contributed by atoms with E-state index in [1.807, 2.05) is 12.1 Å². The summed E-state index contributed by atoms with van der Waals surface area (Å²) in [4.78, 5) is 33.0. The van der Waals surface area contributed by atoms with Crippen molar-refractivity contribution in [2.75, 3.05) is 18.0 Å². The van der Waals surface area contributed by atoms with E-state index in [1.165, 1.54) is 12.3 Å². The molecule has 1 saturated heterocycles. The number of aromatic nitrogens is 4. The number of nitrogens with zero attached hydrogens (tertiary/aromatic N) is 4. The average molecular weight is 403 g/mol. The van der Waals surface area contributed by atoms with Crippen LogP contribution in [0.1, 0.15) is 16.8 Å². The smallest absolute Gasteiger partial charge is 0.260 e. The van der Waals surface area contributed by atoms with E-state index < -0.39 is 5.56 Å². The number of H-pyrrole nitrogens is 1. The summed E-state index contributed by atoms with van der Waals surface area (Å²) < 4.78 is 2.38. The second kappa shape index (κ2) is 6.32. The van der Waals surface area contributed by atoms with Gasteiger partial charge in [-0.3, -0.25) is 9.59 Å². The maximum atomic E-state index is 12.4. The highest BCUT2D eigenvalue weighted by Crippen LogP contribution is 2.18. The Kier molecular flexibility index (Phi) is 4.00. The van der Waals surface area contributed by atoms with Crippen LogP contribution in [0.3, 0.4) is 0 Å². The minimum absolute atomic E-state index is 0.0360. The maximum Gasteiger partial charge on any atom is 0.260 e. The van der Waals surface area contributed by atoms with Crippen LogP contribution in [0.15, 0.2) is 46.1 Å². The largest absolute Gasteiger partial charge is 0.353 e. The Labute approximate surface area is 151 Å². The van der Waals surface area contributed by atoms with Gasteiger partial charge >= 0.3 is 0 Å². The molecule has 0 unspecified atom stereocenters. The van der Waals surface area contributed by atoms with Gasteiger partial charge in [0.1, 0.15) is 11.4 Å². The highest BCUT2D eigenvalue weighted by Gasteiger charge is 2.26. The fraction of sp³-hybridized carbons (Fsp3) is 0.250. The highest BCUT2D eigenvalue weighted by atomic mass is 79.9. The van der Waals surface area contributed by atoms with Gasteiger partial charge in [-0.05, 0) is 40.5 Å². The zero-order valence-electron chi connectivity index (χ0n) is 13.1. The number of amides is 1. The molecule has 2 N–H and O–H groups in total. The normalized spacial score (nSPS) is 17.2. The molecule has 1 aliphatic rings. The van der Waals surface area contributed by atoms with Crippen molar-refractivity contribution in [2.45, 2.75) is 12.5 Å². The first-order valence-electron chi connectivity index (χ1n) is 7.84. The van der Waals surface area contributed by atoms with Crippen LogP contribution in [0.25, 0.3) is 5.65 Å². The number of halogens is 1. The number of nitrogens with one attached hydrogen (secondary N) is 2. The number of anilines is 1. The van der Waals surface area contributed by atoms with Crippen molar-refractivity contribution in [2.24, 2.45) is 0 Å². The van der Waals surface area contributed by atoms with E-state index in [1.54, 1.807) is 16.9 Å². The van der Waals surface area contributed by atoms with Gasteiger partial charge in [0.15, 0.2) is 5.65 Å². The fourth-order valence-corrected chi connectivity index (χ4v) is 3.29. The quantitative estimate of drug-likeness (QED) is 0.685. The van der Waals surface area contributed by atoms with Crippen LogP contribution in [-0.2, 0) is 0 Å². The lowest BCUT2D eigenvalue weighted by molar-refractivity contribution is 0.0939. The maximum absolute atomic E-state index is 12.4. The molecule has 0 radical (unpaired) electrons. The molecule has 0 aromatic carbocycles. The monoisotopic (exact) mass is 402 g/mol. The summed E-state index contributed by atoms with van der Waals surface area (Å²) in [5, 5.41) is 7.45. The molecule has 0 spiro atoms. The van der Waals surface area contributed by atoms with Crippen LogP contribution >= 0.6 is 15.9 Å². The zero-order valence-corrected chi connectivity index (χ0v) is 14.7. The molecule has 1 aliphatic heterocycles. The molecule has 3 aromatic heterocycles. The summed E-state index contributed by atoms with van der Waals surface area (Å²) in [7, 11) is 0. The van der Waals surface area contributed by atoms with E-state index in [0.29, 0.717) is 11.0 Å². The number of rotatable bonds is 3. The zero-order chi connectivity index (χ0) is 17.4. The van der Waals surface area contributed by atoms with Crippen LogP contribution in [0.4, 0.5) is 5.82 Å². The average Bonchev–Trinajstić information content (AvgIpc) is 3.25. The number of hydrogen-bond donors (Lipinski definition) is 2. The van der Waals surface area contributed by atoms with Gasteiger partial charge in [-0.25, -0.2) is 9.50 Å². The summed E-state index contributed by atoms with van der Waals surface area (Å²) in [5.41, 5.74) is 0.496. The molecule has 128 valence electrons. The van der Waals surface area contributed by atoms with Gasteiger partial charge < -0.3 is 15.2 Å². The van der Waals surface area contributed by atoms with Crippen molar-refractivity contribution in [3.63, 3.8) is 0 Å². The summed E-state index contributed by atoms with van der Waals surface area (Å²) in [6.07, 6.45) is 5.80. The van der Waals surface area contributed by atoms with Gasteiger partial charge in [0.05, 0.1) is 0 Å². The third-order valence-corrected chi connectivity index (χ3v) is 4.66. The van der Waals surface area contributed by atoms with Crippen LogP contribution in [0.5, 0.6) is 0 Å². The Morgan fingerprint density at radius 1 is 1.40 bits per heavy atom. The molecule has 8 nitrogen and oxygen atoms in total. The second-order valence-corrected chi connectivity index (χ2v) is 6.80. The van der Waals surface area contributed by atoms with Crippen LogP contribution in [0.2, 0.25) is 0 Å².